The molecule has 328 valence electrons. The Morgan fingerprint density at radius 1 is 0.758 bits per heavy atom. The molecule has 0 heterocycles. The molecule has 22 heteroatoms. The second kappa shape index (κ2) is 20.6. The number of hydrogen-bond donors (Lipinski definition) is 2. The summed E-state index contributed by atoms with van der Waals surface area (Å²) in [7, 11) is -12.5. The maximum absolute atomic E-state index is 13.7. The highest BCUT2D eigenvalue weighted by Gasteiger charge is 2.28. The van der Waals surface area contributed by atoms with Crippen LogP contribution in [0.1, 0.15) is 44.4 Å². The van der Waals surface area contributed by atoms with Gasteiger partial charge >= 0.3 is 17.6 Å². The van der Waals surface area contributed by atoms with Crippen LogP contribution in [0.15, 0.2) is 107 Å². The van der Waals surface area contributed by atoms with Crippen LogP contribution in [0.25, 0.3) is 12.2 Å². The van der Waals surface area contributed by atoms with Gasteiger partial charge < -0.3 is 30.1 Å². The van der Waals surface area contributed by atoms with Gasteiger partial charge in [-0.05, 0) is 99.5 Å². The Bertz CT molecular complexity index is 2650. The van der Waals surface area contributed by atoms with Crippen LogP contribution < -0.4 is 25.5 Å². The van der Waals surface area contributed by atoms with Crippen LogP contribution in [-0.2, 0) is 35.2 Å². The number of carbonyl (C=O) groups excluding carboxylic acids is 1. The first kappa shape index (κ1) is 47.9. The highest BCUT2D eigenvalue weighted by atomic mass is 32.2. The van der Waals surface area contributed by atoms with Crippen molar-refractivity contribution in [3.05, 3.63) is 134 Å². The fourth-order valence-electron chi connectivity index (χ4n) is 6.20. The number of nitrogens with zero attached hydrogens (tertiary/aromatic N) is 4. The topological polar surface area (TPSA) is 249 Å². The lowest BCUT2D eigenvalue weighted by Crippen LogP contribution is -2.22. The Labute approximate surface area is 357 Å². The minimum Gasteiger partial charge on any atom is -0.505 e. The summed E-state index contributed by atoms with van der Waals surface area (Å²) in [6, 6.07) is 15.1. The maximum atomic E-state index is 13.7. The van der Waals surface area contributed by atoms with E-state index in [4.69, 9.17) is 15.7 Å². The predicted octanol–water partition coefficient (Wildman–Crippen LogP) is 7.22. The number of allylic oxidation sites excluding steroid dienone is 3. The number of non-ortho nitro benzene ring substituents is 1. The Kier molecular flexibility index (Phi) is 15.9. The normalized spacial score (nSPS) is 12.1. The van der Waals surface area contributed by atoms with Gasteiger partial charge in [-0.2, -0.15) is 8.42 Å². The summed E-state index contributed by atoms with van der Waals surface area (Å²) in [4.78, 5) is 37.2. The number of nitro groups is 2. The number of carbonyl (C=O) groups is 1. The van der Waals surface area contributed by atoms with E-state index >= 15 is 0 Å². The molecular formula is C40H43BF2N6O11S2. The van der Waals surface area contributed by atoms with E-state index in [-0.39, 0.29) is 28.1 Å². The lowest BCUT2D eigenvalue weighted by molar-refractivity contribution is -0.387. The molecule has 4 rings (SSSR count). The number of nitrogen functional groups attached to an aromatic ring is 2. The van der Waals surface area contributed by atoms with E-state index < -0.39 is 81.4 Å². The van der Waals surface area contributed by atoms with Crippen molar-refractivity contribution >= 4 is 79.5 Å². The Morgan fingerprint density at radius 3 is 1.90 bits per heavy atom. The minimum absolute atomic E-state index is 0.0225. The van der Waals surface area contributed by atoms with Crippen LogP contribution in [0.2, 0.25) is 0 Å². The number of rotatable bonds is 21. The van der Waals surface area contributed by atoms with Crippen molar-refractivity contribution in [2.24, 2.45) is 0 Å². The van der Waals surface area contributed by atoms with Crippen LogP contribution >= 0.6 is 0 Å². The standard InChI is InChI=1S/C40H43BF2N6O11S2/c1-5-46(6-2)31-14-9-27(29(21-31)26-61(55,56)40-19-13-30(44)22-37(40)49(53)54)12-18-35(59-41(42)43)25-34(50)17-11-28-10-15-32(47(7-3)8-4)24-38(28)60-62(57,58)39-20-16-33(48(51)52)23-36(39)45/h9-25H,5-8,26,44-45H2,1-4H3/b17-11+,18-12+,35-25-. The van der Waals surface area contributed by atoms with E-state index in [1.165, 1.54) is 36.4 Å². The smallest absolute Gasteiger partial charge is 0.505 e. The molecule has 4 N–H and O–H groups in total. The molecule has 0 fully saturated rings. The second-order valence-corrected chi connectivity index (χ2v) is 16.7. The van der Waals surface area contributed by atoms with E-state index in [1.54, 1.807) is 18.2 Å². The first-order valence-electron chi connectivity index (χ1n) is 18.8. The third-order valence-electron chi connectivity index (χ3n) is 9.28. The number of benzene rings is 4. The molecule has 0 radical (unpaired) electrons. The second-order valence-electron chi connectivity index (χ2n) is 13.2. The van der Waals surface area contributed by atoms with Gasteiger partial charge in [-0.3, -0.25) is 25.0 Å². The van der Waals surface area contributed by atoms with Crippen LogP contribution in [0.4, 0.5) is 42.8 Å². The summed E-state index contributed by atoms with van der Waals surface area (Å²) in [6.45, 7) is 9.64. The van der Waals surface area contributed by atoms with Crippen molar-refractivity contribution in [3.8, 4) is 5.75 Å². The van der Waals surface area contributed by atoms with Gasteiger partial charge in [-0.25, -0.2) is 17.0 Å². The van der Waals surface area contributed by atoms with Crippen molar-refractivity contribution in [3.63, 3.8) is 0 Å². The van der Waals surface area contributed by atoms with Crippen LogP contribution in [0, 0.1) is 20.2 Å². The molecule has 0 spiro atoms. The van der Waals surface area contributed by atoms with Crippen molar-refractivity contribution in [1.29, 1.82) is 0 Å². The molecule has 0 atom stereocenters. The lowest BCUT2D eigenvalue weighted by atomic mass is 10.1. The highest BCUT2D eigenvalue weighted by Crippen LogP contribution is 2.34. The molecule has 62 heavy (non-hydrogen) atoms. The molecule has 0 aliphatic carbocycles. The number of anilines is 4. The van der Waals surface area contributed by atoms with E-state index in [9.17, 15) is 50.5 Å². The van der Waals surface area contributed by atoms with Crippen LogP contribution in [-0.4, -0.2) is 66.1 Å². The number of sulfone groups is 1. The molecule has 0 saturated carbocycles. The Hall–Kier alpha value is -6.81. The number of ketones is 1. The third kappa shape index (κ3) is 12.2. The molecule has 0 amide bonds. The molecular weight excluding hydrogens is 853 g/mol. The van der Waals surface area contributed by atoms with Crippen molar-refractivity contribution in [2.75, 3.05) is 47.4 Å². The molecule has 4 aromatic carbocycles. The Balaban J connectivity index is 1.74. The molecule has 0 aliphatic heterocycles. The molecule has 0 aromatic heterocycles. The monoisotopic (exact) mass is 896 g/mol. The maximum Gasteiger partial charge on any atom is 0.796 e. The van der Waals surface area contributed by atoms with E-state index in [2.05, 4.69) is 4.65 Å². The first-order valence-corrected chi connectivity index (χ1v) is 21.9. The first-order chi connectivity index (χ1) is 29.2. The van der Waals surface area contributed by atoms with Gasteiger partial charge in [0, 0.05) is 79.1 Å². The van der Waals surface area contributed by atoms with Gasteiger partial charge in [-0.15, -0.1) is 0 Å². The SMILES string of the molecule is CCN(CC)c1ccc(/C=C/C(=C/C(=O)/C=C/c2ccc(N(CC)CC)cc2OS(=O)(=O)c2ccc([N+](=O)[O-])cc2N)OB(F)F)c(CS(=O)(=O)c2ccc(N)cc2[N+](=O)[O-])c1. The zero-order valence-corrected chi connectivity index (χ0v) is 35.6. The number of hydrogen-bond acceptors (Lipinski definition) is 15. The fraction of sp³-hybridized carbons (Fsp3) is 0.225. The van der Waals surface area contributed by atoms with Gasteiger partial charge in [0.25, 0.3) is 11.4 Å². The summed E-state index contributed by atoms with van der Waals surface area (Å²) in [5.74, 6) is -2.55. The average molecular weight is 897 g/mol. The number of halogens is 2. The summed E-state index contributed by atoms with van der Waals surface area (Å²) in [5.41, 5.74) is 11.4. The molecule has 0 saturated heterocycles. The van der Waals surface area contributed by atoms with Gasteiger partial charge in [0.1, 0.15) is 15.6 Å². The highest BCUT2D eigenvalue weighted by molar-refractivity contribution is 7.90. The van der Waals surface area contributed by atoms with Crippen molar-refractivity contribution in [1.82, 2.24) is 0 Å². The van der Waals surface area contributed by atoms with Crippen LogP contribution in [0.5, 0.6) is 5.75 Å². The van der Waals surface area contributed by atoms with Crippen molar-refractivity contribution < 1.29 is 48.9 Å². The Morgan fingerprint density at radius 2 is 1.34 bits per heavy atom. The zero-order chi connectivity index (χ0) is 45.9. The van der Waals surface area contributed by atoms with Gasteiger partial charge in [-0.1, -0.05) is 12.1 Å². The largest absolute Gasteiger partial charge is 0.796 e. The van der Waals surface area contributed by atoms with E-state index in [0.29, 0.717) is 37.6 Å². The summed E-state index contributed by atoms with van der Waals surface area (Å²) >= 11 is 0. The molecule has 4 aromatic rings. The molecule has 0 bridgehead atoms. The molecule has 0 unspecified atom stereocenters. The zero-order valence-electron chi connectivity index (χ0n) is 33.9. The quantitative estimate of drug-likeness (QED) is 0.0122. The average Bonchev–Trinajstić information content (AvgIpc) is 3.20. The minimum atomic E-state index is -4.70. The van der Waals surface area contributed by atoms with Crippen LogP contribution in [0.3, 0.4) is 0 Å². The summed E-state index contributed by atoms with van der Waals surface area (Å²) in [5, 5.41) is 22.9. The van der Waals surface area contributed by atoms with E-state index in [0.717, 1.165) is 48.6 Å². The van der Waals surface area contributed by atoms with Gasteiger partial charge in [0.05, 0.1) is 21.3 Å². The number of nitrogens with two attached hydrogens (primary N) is 2. The molecule has 0 aliphatic rings. The third-order valence-corrected chi connectivity index (χ3v) is 12.3. The lowest BCUT2D eigenvalue weighted by Gasteiger charge is -2.22. The van der Waals surface area contributed by atoms with Gasteiger partial charge in [0.2, 0.25) is 0 Å². The van der Waals surface area contributed by atoms with E-state index in [1.807, 2.05) is 37.5 Å². The summed E-state index contributed by atoms with van der Waals surface area (Å²) < 4.78 is 91.6. The molecule has 17 nitrogen and oxygen atoms in total. The summed E-state index contributed by atoms with van der Waals surface area (Å²) in [6.07, 6.45) is 5.08. The predicted molar refractivity (Wildman–Crippen MR) is 234 cm³/mol. The van der Waals surface area contributed by atoms with Gasteiger partial charge in [0.15, 0.2) is 21.4 Å². The fourth-order valence-corrected chi connectivity index (χ4v) is 8.80. The number of nitro benzene ring substituents is 2. The van der Waals surface area contributed by atoms with Crippen molar-refractivity contribution in [2.45, 2.75) is 43.2 Å².